The summed E-state index contributed by atoms with van der Waals surface area (Å²) in [7, 11) is 1.53. The van der Waals surface area contributed by atoms with Crippen LogP contribution in [-0.4, -0.2) is 52.1 Å². The van der Waals surface area contributed by atoms with Crippen molar-refractivity contribution in [2.45, 2.75) is 44.4 Å². The predicted molar refractivity (Wildman–Crippen MR) is 120 cm³/mol. The topological polar surface area (TPSA) is 64.1 Å². The number of nitrogens with zero attached hydrogens (tertiary/aromatic N) is 3. The standard InChI is InChI=1S/C25H29N3O3/c1-3-4-15-22(29)21-17-16-20-23(25(31)26(2)24(20)30)28(21)27(18-11-7-5-8-12-18)19-13-9-6-10-14-19/h5-14,16-17,20-23,29H,3-4,15H2,1-2H3. The summed E-state index contributed by atoms with van der Waals surface area (Å²) in [6, 6.07) is 18.4. The van der Waals surface area contributed by atoms with E-state index in [0.717, 1.165) is 24.2 Å². The number of hydrazine groups is 1. The fourth-order valence-electron chi connectivity index (χ4n) is 4.49. The minimum absolute atomic E-state index is 0.209. The molecule has 2 aliphatic rings. The minimum Gasteiger partial charge on any atom is -0.391 e. The molecule has 0 bridgehead atoms. The van der Waals surface area contributed by atoms with E-state index in [4.69, 9.17) is 0 Å². The van der Waals surface area contributed by atoms with Gasteiger partial charge in [0.2, 0.25) is 11.8 Å². The lowest BCUT2D eigenvalue weighted by Crippen LogP contribution is -2.61. The lowest BCUT2D eigenvalue weighted by molar-refractivity contribution is -0.138. The molecule has 2 aliphatic heterocycles. The zero-order chi connectivity index (χ0) is 22.0. The lowest BCUT2D eigenvalue weighted by atomic mass is 9.91. The van der Waals surface area contributed by atoms with Gasteiger partial charge < -0.3 is 5.11 Å². The van der Waals surface area contributed by atoms with Crippen LogP contribution in [0.5, 0.6) is 0 Å². The molecule has 2 aromatic rings. The number of benzene rings is 2. The number of likely N-dealkylation sites (N-methyl/N-ethyl adjacent to an activating group) is 1. The Morgan fingerprint density at radius 1 is 0.935 bits per heavy atom. The van der Waals surface area contributed by atoms with Gasteiger partial charge in [-0.25, -0.2) is 0 Å². The number of unbranched alkanes of at least 4 members (excludes halogenated alkanes) is 1. The first-order chi connectivity index (χ1) is 15.0. The van der Waals surface area contributed by atoms with Gasteiger partial charge in [0.15, 0.2) is 0 Å². The molecule has 1 fully saturated rings. The fourth-order valence-corrected chi connectivity index (χ4v) is 4.49. The van der Waals surface area contributed by atoms with Gasteiger partial charge in [0, 0.05) is 7.05 Å². The first-order valence-corrected chi connectivity index (χ1v) is 10.9. The van der Waals surface area contributed by atoms with Crippen molar-refractivity contribution in [2.24, 2.45) is 5.92 Å². The van der Waals surface area contributed by atoms with E-state index in [1.807, 2.05) is 76.8 Å². The highest BCUT2D eigenvalue weighted by Gasteiger charge is 2.54. The number of hydrogen-bond acceptors (Lipinski definition) is 5. The molecule has 6 heteroatoms. The maximum absolute atomic E-state index is 13.2. The van der Waals surface area contributed by atoms with Crippen molar-refractivity contribution < 1.29 is 14.7 Å². The van der Waals surface area contributed by atoms with E-state index >= 15 is 0 Å². The van der Waals surface area contributed by atoms with Crippen LogP contribution in [0, 0.1) is 5.92 Å². The molecule has 4 atom stereocenters. The highest BCUT2D eigenvalue weighted by molar-refractivity contribution is 6.08. The average Bonchev–Trinajstić information content (AvgIpc) is 3.03. The quantitative estimate of drug-likeness (QED) is 0.550. The number of carbonyl (C=O) groups is 2. The van der Waals surface area contributed by atoms with Crippen molar-refractivity contribution in [3.05, 3.63) is 72.8 Å². The van der Waals surface area contributed by atoms with Crippen molar-refractivity contribution >= 4 is 23.2 Å². The maximum Gasteiger partial charge on any atom is 0.249 e. The van der Waals surface area contributed by atoms with Gasteiger partial charge in [-0.2, -0.15) is 5.01 Å². The summed E-state index contributed by atoms with van der Waals surface area (Å²) in [5, 5.41) is 15.0. The molecule has 1 saturated heterocycles. The summed E-state index contributed by atoms with van der Waals surface area (Å²) in [6.45, 7) is 2.09. The molecule has 0 aromatic heterocycles. The van der Waals surface area contributed by atoms with Gasteiger partial charge in [-0.05, 0) is 30.7 Å². The third-order valence-corrected chi connectivity index (χ3v) is 6.13. The van der Waals surface area contributed by atoms with E-state index in [9.17, 15) is 14.7 Å². The molecule has 2 amide bonds. The summed E-state index contributed by atoms with van der Waals surface area (Å²) < 4.78 is 0. The van der Waals surface area contributed by atoms with Crippen molar-refractivity contribution in [1.29, 1.82) is 0 Å². The second kappa shape index (κ2) is 9.04. The smallest absolute Gasteiger partial charge is 0.249 e. The van der Waals surface area contributed by atoms with Gasteiger partial charge in [-0.3, -0.25) is 19.5 Å². The molecule has 2 aromatic carbocycles. The van der Waals surface area contributed by atoms with E-state index in [2.05, 4.69) is 6.92 Å². The Balaban J connectivity index is 1.86. The van der Waals surface area contributed by atoms with Crippen LogP contribution >= 0.6 is 0 Å². The second-order valence-corrected chi connectivity index (χ2v) is 8.15. The lowest BCUT2D eigenvalue weighted by Gasteiger charge is -2.47. The number of para-hydroxylation sites is 2. The molecule has 4 rings (SSSR count). The largest absolute Gasteiger partial charge is 0.391 e. The van der Waals surface area contributed by atoms with Crippen LogP contribution in [0.25, 0.3) is 0 Å². The summed E-state index contributed by atoms with van der Waals surface area (Å²) in [4.78, 5) is 27.2. The van der Waals surface area contributed by atoms with Gasteiger partial charge in [-0.15, -0.1) is 0 Å². The average molecular weight is 420 g/mol. The number of aliphatic hydroxyl groups is 1. The van der Waals surface area contributed by atoms with E-state index in [0.29, 0.717) is 6.42 Å². The van der Waals surface area contributed by atoms with Crippen LogP contribution in [0.1, 0.15) is 26.2 Å². The van der Waals surface area contributed by atoms with Gasteiger partial charge >= 0.3 is 0 Å². The first-order valence-electron chi connectivity index (χ1n) is 10.9. The Morgan fingerprint density at radius 2 is 1.52 bits per heavy atom. The van der Waals surface area contributed by atoms with E-state index in [-0.39, 0.29) is 11.8 Å². The molecule has 0 radical (unpaired) electrons. The van der Waals surface area contributed by atoms with E-state index in [1.165, 1.54) is 11.9 Å². The number of imide groups is 1. The molecule has 31 heavy (non-hydrogen) atoms. The fraction of sp³-hybridized carbons (Fsp3) is 0.360. The Morgan fingerprint density at radius 3 is 2.06 bits per heavy atom. The Hall–Kier alpha value is -2.96. The minimum atomic E-state index is -0.704. The summed E-state index contributed by atoms with van der Waals surface area (Å²) in [6.07, 6.45) is 5.51. The second-order valence-electron chi connectivity index (χ2n) is 8.15. The van der Waals surface area contributed by atoms with E-state index in [1.54, 1.807) is 6.08 Å². The van der Waals surface area contributed by atoms with Crippen LogP contribution in [0.3, 0.4) is 0 Å². The number of amides is 2. The van der Waals surface area contributed by atoms with Crippen LogP contribution in [0.15, 0.2) is 72.8 Å². The molecular weight excluding hydrogens is 390 g/mol. The Labute approximate surface area is 183 Å². The molecule has 2 heterocycles. The number of rotatable bonds is 7. The Kier molecular flexibility index (Phi) is 6.20. The summed E-state index contributed by atoms with van der Waals surface area (Å²) in [5.41, 5.74) is 1.73. The normalized spacial score (nSPS) is 24.4. The van der Waals surface area contributed by atoms with Gasteiger partial charge in [0.05, 0.1) is 29.4 Å². The molecular formula is C25H29N3O3. The van der Waals surface area contributed by atoms with Crippen LogP contribution < -0.4 is 5.01 Å². The van der Waals surface area contributed by atoms with Crippen molar-refractivity contribution in [2.75, 3.05) is 12.1 Å². The molecule has 1 N–H and O–H groups in total. The van der Waals surface area contributed by atoms with Gasteiger partial charge in [0.1, 0.15) is 6.04 Å². The van der Waals surface area contributed by atoms with Gasteiger partial charge in [0.25, 0.3) is 0 Å². The van der Waals surface area contributed by atoms with Crippen LogP contribution in [-0.2, 0) is 9.59 Å². The van der Waals surface area contributed by atoms with Crippen molar-refractivity contribution in [1.82, 2.24) is 9.91 Å². The van der Waals surface area contributed by atoms with Crippen molar-refractivity contribution in [3.63, 3.8) is 0 Å². The molecule has 6 nitrogen and oxygen atoms in total. The number of aliphatic hydroxyl groups excluding tert-OH is 1. The SMILES string of the molecule is CCCCC(O)C1C=CC2C(=O)N(C)C(=O)C2N1N(c1ccccc1)c1ccccc1. The highest BCUT2D eigenvalue weighted by Crippen LogP contribution is 2.39. The third kappa shape index (κ3) is 3.89. The van der Waals surface area contributed by atoms with E-state index < -0.39 is 24.1 Å². The number of anilines is 2. The molecule has 0 spiro atoms. The summed E-state index contributed by atoms with van der Waals surface area (Å²) in [5.74, 6) is -1.02. The number of carbonyl (C=O) groups excluding carboxylic acids is 2. The molecule has 162 valence electrons. The molecule has 0 saturated carbocycles. The summed E-state index contributed by atoms with van der Waals surface area (Å²) >= 11 is 0. The van der Waals surface area contributed by atoms with Crippen molar-refractivity contribution in [3.8, 4) is 0 Å². The predicted octanol–water partition coefficient (Wildman–Crippen LogP) is 3.51. The zero-order valence-electron chi connectivity index (χ0n) is 18.0. The van der Waals surface area contributed by atoms with Gasteiger partial charge in [-0.1, -0.05) is 68.3 Å². The number of hydrogen-bond donors (Lipinski definition) is 1. The number of fused-ring (bicyclic) bond motifs is 1. The zero-order valence-corrected chi connectivity index (χ0v) is 18.0. The van der Waals surface area contributed by atoms with Crippen LogP contribution in [0.2, 0.25) is 0 Å². The first kappa shape index (κ1) is 21.3. The third-order valence-electron chi connectivity index (χ3n) is 6.13. The monoisotopic (exact) mass is 419 g/mol. The van der Waals surface area contributed by atoms with Crippen LogP contribution in [0.4, 0.5) is 11.4 Å². The molecule has 4 unspecified atom stereocenters. The highest BCUT2D eigenvalue weighted by atomic mass is 16.3. The molecule has 0 aliphatic carbocycles. The Bertz CT molecular complexity index is 907. The maximum atomic E-state index is 13.2. The number of likely N-dealkylation sites (tertiary alicyclic amines) is 1.